The summed E-state index contributed by atoms with van der Waals surface area (Å²) >= 11 is 0. The zero-order valence-corrected chi connectivity index (χ0v) is 14.6. The van der Waals surface area contributed by atoms with Gasteiger partial charge in [0.05, 0.1) is 11.0 Å². The molecule has 27 heavy (non-hydrogen) atoms. The molecular formula is C22H18FN3O. The minimum absolute atomic E-state index is 0.294. The van der Waals surface area contributed by atoms with Crippen molar-refractivity contribution < 1.29 is 9.18 Å². The zero-order valence-electron chi connectivity index (χ0n) is 14.6. The Morgan fingerprint density at radius 3 is 2.67 bits per heavy atom. The third-order valence-corrected chi connectivity index (χ3v) is 4.36. The highest BCUT2D eigenvalue weighted by atomic mass is 19.1. The van der Waals surface area contributed by atoms with Crippen molar-refractivity contribution >= 4 is 22.6 Å². The Hall–Kier alpha value is -3.47. The Bertz CT molecular complexity index is 1070. The molecule has 2 N–H and O–H groups in total. The molecule has 0 bridgehead atoms. The first-order chi connectivity index (χ1) is 13.2. The van der Waals surface area contributed by atoms with Gasteiger partial charge in [0.15, 0.2) is 0 Å². The highest BCUT2D eigenvalue weighted by molar-refractivity contribution is 6.04. The fraction of sp³-hybridized carbons (Fsp3) is 0.0909. The molecular weight excluding hydrogens is 341 g/mol. The monoisotopic (exact) mass is 359 g/mol. The molecule has 0 radical (unpaired) electrons. The number of aromatic nitrogens is 2. The molecule has 0 spiro atoms. The predicted octanol–water partition coefficient (Wildman–Crippen LogP) is 4.74. The van der Waals surface area contributed by atoms with E-state index >= 15 is 0 Å². The maximum atomic E-state index is 13.3. The second kappa shape index (κ2) is 7.41. The number of carbonyl (C=O) groups excluding carboxylic acids is 1. The summed E-state index contributed by atoms with van der Waals surface area (Å²) in [6, 6.07) is 21.3. The van der Waals surface area contributed by atoms with Crippen LogP contribution in [-0.2, 0) is 12.8 Å². The average Bonchev–Trinajstić information content (AvgIpc) is 3.10. The van der Waals surface area contributed by atoms with Crippen molar-refractivity contribution in [3.05, 3.63) is 95.6 Å². The Morgan fingerprint density at radius 2 is 1.81 bits per heavy atom. The smallest absolute Gasteiger partial charge is 0.255 e. The summed E-state index contributed by atoms with van der Waals surface area (Å²) in [6.07, 6.45) is 1.57. The summed E-state index contributed by atoms with van der Waals surface area (Å²) in [7, 11) is 0. The van der Waals surface area contributed by atoms with Crippen molar-refractivity contribution in [2.45, 2.75) is 12.8 Å². The van der Waals surface area contributed by atoms with Gasteiger partial charge in [0.25, 0.3) is 5.91 Å². The maximum absolute atomic E-state index is 13.3. The molecule has 5 heteroatoms. The van der Waals surface area contributed by atoms with E-state index in [1.807, 2.05) is 48.5 Å². The van der Waals surface area contributed by atoms with Gasteiger partial charge in [-0.05, 0) is 54.4 Å². The van der Waals surface area contributed by atoms with Crippen LogP contribution in [0.15, 0.2) is 72.8 Å². The molecule has 4 nitrogen and oxygen atoms in total. The second-order valence-electron chi connectivity index (χ2n) is 6.37. The molecule has 0 aliphatic rings. The number of aryl methyl sites for hydroxylation is 2. The van der Waals surface area contributed by atoms with E-state index in [9.17, 15) is 9.18 Å². The van der Waals surface area contributed by atoms with Crippen molar-refractivity contribution in [1.29, 1.82) is 0 Å². The molecule has 134 valence electrons. The van der Waals surface area contributed by atoms with E-state index in [0.29, 0.717) is 11.3 Å². The molecule has 0 aliphatic carbocycles. The Balaban J connectivity index is 1.43. The normalized spacial score (nSPS) is 10.9. The summed E-state index contributed by atoms with van der Waals surface area (Å²) in [5.74, 6) is 0.177. The van der Waals surface area contributed by atoms with Crippen LogP contribution in [0.2, 0.25) is 0 Å². The number of anilines is 1. The Kier molecular flexibility index (Phi) is 4.66. The summed E-state index contributed by atoms with van der Waals surface area (Å²) in [5, 5.41) is 2.82. The molecule has 0 saturated heterocycles. The fourth-order valence-electron chi connectivity index (χ4n) is 3.02. The largest absolute Gasteiger partial charge is 0.342 e. The molecule has 0 saturated carbocycles. The van der Waals surface area contributed by atoms with Crippen molar-refractivity contribution in [1.82, 2.24) is 9.97 Å². The molecule has 0 fully saturated rings. The molecule has 4 aromatic rings. The number of halogens is 1. The lowest BCUT2D eigenvalue weighted by atomic mass is 10.1. The van der Waals surface area contributed by atoms with E-state index in [1.54, 1.807) is 6.07 Å². The van der Waals surface area contributed by atoms with Gasteiger partial charge in [-0.2, -0.15) is 0 Å². The number of imidazole rings is 1. The van der Waals surface area contributed by atoms with Crippen LogP contribution in [0.5, 0.6) is 0 Å². The lowest BCUT2D eigenvalue weighted by molar-refractivity contribution is 0.102. The number of para-hydroxylation sites is 2. The highest BCUT2D eigenvalue weighted by Crippen LogP contribution is 2.16. The van der Waals surface area contributed by atoms with E-state index in [1.165, 1.54) is 18.2 Å². The number of fused-ring (bicyclic) bond motifs is 1. The van der Waals surface area contributed by atoms with Crippen LogP contribution in [0.1, 0.15) is 21.7 Å². The highest BCUT2D eigenvalue weighted by Gasteiger charge is 2.08. The second-order valence-corrected chi connectivity index (χ2v) is 6.37. The quantitative estimate of drug-likeness (QED) is 0.541. The molecule has 4 rings (SSSR count). The fourth-order valence-corrected chi connectivity index (χ4v) is 3.02. The van der Waals surface area contributed by atoms with E-state index < -0.39 is 5.82 Å². The van der Waals surface area contributed by atoms with E-state index in [4.69, 9.17) is 0 Å². The lowest BCUT2D eigenvalue weighted by Crippen LogP contribution is -2.12. The topological polar surface area (TPSA) is 57.8 Å². The first kappa shape index (κ1) is 17.0. The number of nitrogens with one attached hydrogen (secondary N) is 2. The molecule has 1 heterocycles. The summed E-state index contributed by atoms with van der Waals surface area (Å²) in [4.78, 5) is 20.2. The Labute approximate surface area is 156 Å². The average molecular weight is 359 g/mol. The number of rotatable bonds is 5. The van der Waals surface area contributed by atoms with E-state index in [-0.39, 0.29) is 5.91 Å². The maximum Gasteiger partial charge on any atom is 0.255 e. The molecule has 0 aliphatic heterocycles. The van der Waals surface area contributed by atoms with Crippen LogP contribution in [-0.4, -0.2) is 15.9 Å². The van der Waals surface area contributed by atoms with Gasteiger partial charge < -0.3 is 10.3 Å². The standard InChI is InChI=1S/C22H18FN3O/c23-17-7-4-6-16(14-17)22(27)24-18-8-3-5-15(13-18)11-12-21-25-19-9-1-2-10-20(19)26-21/h1-10,13-14H,11-12H2,(H,24,27)(H,25,26). The van der Waals surface area contributed by atoms with Crippen molar-refractivity contribution in [3.63, 3.8) is 0 Å². The molecule has 1 aromatic heterocycles. The van der Waals surface area contributed by atoms with Gasteiger partial charge in [-0.3, -0.25) is 4.79 Å². The van der Waals surface area contributed by atoms with Crippen molar-refractivity contribution in [2.75, 3.05) is 5.32 Å². The number of hydrogen-bond acceptors (Lipinski definition) is 2. The van der Waals surface area contributed by atoms with Gasteiger partial charge in [0, 0.05) is 17.7 Å². The van der Waals surface area contributed by atoms with Crippen LogP contribution in [0.25, 0.3) is 11.0 Å². The number of hydrogen-bond donors (Lipinski definition) is 2. The minimum Gasteiger partial charge on any atom is -0.342 e. The van der Waals surface area contributed by atoms with Gasteiger partial charge in [-0.1, -0.05) is 30.3 Å². The molecule has 0 atom stereocenters. The number of carbonyl (C=O) groups is 1. The van der Waals surface area contributed by atoms with Crippen LogP contribution in [0.3, 0.4) is 0 Å². The van der Waals surface area contributed by atoms with Gasteiger partial charge in [-0.25, -0.2) is 9.37 Å². The minimum atomic E-state index is -0.428. The number of amides is 1. The molecule has 1 amide bonds. The molecule has 3 aromatic carbocycles. The number of H-pyrrole nitrogens is 1. The third-order valence-electron chi connectivity index (χ3n) is 4.36. The summed E-state index contributed by atoms with van der Waals surface area (Å²) in [6.45, 7) is 0. The van der Waals surface area contributed by atoms with E-state index in [2.05, 4.69) is 15.3 Å². The SMILES string of the molecule is O=C(Nc1cccc(CCc2nc3ccccc3[nH]2)c1)c1cccc(F)c1. The van der Waals surface area contributed by atoms with Crippen LogP contribution in [0.4, 0.5) is 10.1 Å². The zero-order chi connectivity index (χ0) is 18.6. The van der Waals surface area contributed by atoms with Crippen LogP contribution < -0.4 is 5.32 Å². The lowest BCUT2D eigenvalue weighted by Gasteiger charge is -2.07. The third kappa shape index (κ3) is 4.03. The van der Waals surface area contributed by atoms with Gasteiger partial charge in [0.1, 0.15) is 11.6 Å². The molecule has 0 unspecified atom stereocenters. The summed E-state index contributed by atoms with van der Waals surface area (Å²) in [5.41, 5.74) is 4.06. The van der Waals surface area contributed by atoms with Gasteiger partial charge >= 0.3 is 0 Å². The van der Waals surface area contributed by atoms with Crippen molar-refractivity contribution in [3.8, 4) is 0 Å². The summed E-state index contributed by atoms with van der Waals surface area (Å²) < 4.78 is 13.3. The Morgan fingerprint density at radius 1 is 0.963 bits per heavy atom. The van der Waals surface area contributed by atoms with Crippen LogP contribution >= 0.6 is 0 Å². The number of benzene rings is 3. The van der Waals surface area contributed by atoms with Crippen molar-refractivity contribution in [2.24, 2.45) is 0 Å². The van der Waals surface area contributed by atoms with E-state index in [0.717, 1.165) is 35.3 Å². The van der Waals surface area contributed by atoms with Crippen LogP contribution in [0, 0.1) is 5.82 Å². The number of nitrogens with zero attached hydrogens (tertiary/aromatic N) is 1. The van der Waals surface area contributed by atoms with Gasteiger partial charge in [-0.15, -0.1) is 0 Å². The first-order valence-corrected chi connectivity index (χ1v) is 8.77. The van der Waals surface area contributed by atoms with Gasteiger partial charge in [0.2, 0.25) is 0 Å². The number of aromatic amines is 1. The predicted molar refractivity (Wildman–Crippen MR) is 104 cm³/mol. The first-order valence-electron chi connectivity index (χ1n) is 8.77.